The van der Waals surface area contributed by atoms with Crippen LogP contribution in [0, 0.1) is 0 Å². The van der Waals surface area contributed by atoms with E-state index in [2.05, 4.69) is 31.0 Å². The van der Waals surface area contributed by atoms with Gasteiger partial charge >= 0.3 is 12.0 Å². The van der Waals surface area contributed by atoms with Gasteiger partial charge in [0.1, 0.15) is 12.4 Å². The van der Waals surface area contributed by atoms with Gasteiger partial charge < -0.3 is 20.1 Å². The number of unbranched alkanes of at least 4 members (excludes halogenated alkanes) is 4. The van der Waals surface area contributed by atoms with E-state index in [4.69, 9.17) is 9.84 Å². The molecule has 0 saturated heterocycles. The quantitative estimate of drug-likeness (QED) is 0.247. The minimum Gasteiger partial charge on any atom is -0.492 e. The van der Waals surface area contributed by atoms with Crippen molar-refractivity contribution in [3.63, 3.8) is 0 Å². The van der Waals surface area contributed by atoms with Crippen LogP contribution in [0.25, 0.3) is 11.1 Å². The van der Waals surface area contributed by atoms with Crippen molar-refractivity contribution >= 4 is 17.7 Å². The molecular weight excluding hydrogens is 466 g/mol. The van der Waals surface area contributed by atoms with E-state index >= 15 is 0 Å². The zero-order valence-corrected chi connectivity index (χ0v) is 23.1. The second kappa shape index (κ2) is 16.6. The Labute approximate surface area is 222 Å². The zero-order chi connectivity index (χ0) is 27.0. The Morgan fingerprint density at radius 3 is 2.43 bits per heavy atom. The van der Waals surface area contributed by atoms with Crippen LogP contribution in [0.4, 0.5) is 10.5 Å². The van der Waals surface area contributed by atoms with Crippen LogP contribution in [-0.2, 0) is 11.2 Å². The Bertz CT molecular complexity index is 975. The Morgan fingerprint density at radius 2 is 1.73 bits per heavy atom. The fraction of sp³-hybridized carbons (Fsp3) is 0.533. The number of nitrogens with zero attached hydrogens (tertiary/aromatic N) is 2. The Morgan fingerprint density at radius 1 is 0.973 bits per heavy atom. The van der Waals surface area contributed by atoms with Gasteiger partial charge in [-0.15, -0.1) is 0 Å². The van der Waals surface area contributed by atoms with Gasteiger partial charge in [-0.2, -0.15) is 0 Å². The highest BCUT2D eigenvalue weighted by Crippen LogP contribution is 2.33. The van der Waals surface area contributed by atoms with Gasteiger partial charge in [0.05, 0.1) is 0 Å². The van der Waals surface area contributed by atoms with Crippen molar-refractivity contribution in [3.8, 4) is 16.9 Å². The molecule has 2 amide bonds. The number of hydrogen-bond donors (Lipinski definition) is 2. The molecule has 2 rings (SSSR count). The molecule has 0 heterocycles. The fourth-order valence-corrected chi connectivity index (χ4v) is 4.20. The van der Waals surface area contributed by atoms with E-state index in [0.29, 0.717) is 19.6 Å². The average Bonchev–Trinajstić information content (AvgIpc) is 2.91. The van der Waals surface area contributed by atoms with Crippen LogP contribution in [0.15, 0.2) is 42.5 Å². The number of rotatable bonds is 17. The number of anilines is 1. The topological polar surface area (TPSA) is 82.1 Å². The van der Waals surface area contributed by atoms with Gasteiger partial charge in [-0.05, 0) is 55.3 Å². The maximum atomic E-state index is 12.7. The predicted molar refractivity (Wildman–Crippen MR) is 152 cm³/mol. The van der Waals surface area contributed by atoms with Crippen molar-refractivity contribution < 1.29 is 19.4 Å². The summed E-state index contributed by atoms with van der Waals surface area (Å²) in [6.45, 7) is 10.4. The Hall–Kier alpha value is -3.06. The van der Waals surface area contributed by atoms with Crippen LogP contribution >= 0.6 is 0 Å². The number of aliphatic carboxylic acids is 1. The molecule has 2 N–H and O–H groups in total. The molecule has 0 aliphatic rings. The fourth-order valence-electron chi connectivity index (χ4n) is 4.20. The lowest BCUT2D eigenvalue weighted by molar-refractivity contribution is -0.136. The van der Waals surface area contributed by atoms with Crippen LogP contribution in [0.5, 0.6) is 5.75 Å². The monoisotopic (exact) mass is 511 g/mol. The number of ether oxygens (including phenoxy) is 1. The summed E-state index contributed by atoms with van der Waals surface area (Å²) in [5.41, 5.74) is 3.59. The first-order valence-electron chi connectivity index (χ1n) is 13.7. The second-order valence-electron chi connectivity index (χ2n) is 9.36. The molecule has 0 aliphatic carbocycles. The van der Waals surface area contributed by atoms with Gasteiger partial charge in [0.15, 0.2) is 0 Å². The van der Waals surface area contributed by atoms with Crippen molar-refractivity contribution in [1.82, 2.24) is 10.2 Å². The van der Waals surface area contributed by atoms with E-state index in [1.807, 2.05) is 42.5 Å². The number of carbonyl (C=O) groups is 2. The summed E-state index contributed by atoms with van der Waals surface area (Å²) in [6, 6.07) is 13.6. The molecule has 37 heavy (non-hydrogen) atoms. The lowest BCUT2D eigenvalue weighted by Gasteiger charge is -2.21. The molecule has 0 bridgehead atoms. The van der Waals surface area contributed by atoms with Crippen LogP contribution < -0.4 is 15.0 Å². The molecule has 2 aromatic carbocycles. The Kier molecular flexibility index (Phi) is 13.6. The molecule has 0 radical (unpaired) electrons. The second-order valence-corrected chi connectivity index (χ2v) is 9.36. The summed E-state index contributed by atoms with van der Waals surface area (Å²) < 4.78 is 6.23. The third kappa shape index (κ3) is 10.4. The zero-order valence-electron chi connectivity index (χ0n) is 23.1. The molecule has 0 fully saturated rings. The summed E-state index contributed by atoms with van der Waals surface area (Å²) in [7, 11) is 1.78. The number of amides is 2. The van der Waals surface area contributed by atoms with Gasteiger partial charge in [-0.25, -0.2) is 4.79 Å². The van der Waals surface area contributed by atoms with E-state index in [9.17, 15) is 9.59 Å². The summed E-state index contributed by atoms with van der Waals surface area (Å²) in [4.78, 5) is 27.7. The minimum atomic E-state index is -0.817. The summed E-state index contributed by atoms with van der Waals surface area (Å²) >= 11 is 0. The number of aryl methyl sites for hydroxylation is 1. The summed E-state index contributed by atoms with van der Waals surface area (Å²) in [5, 5.41) is 12.1. The Balaban J connectivity index is 2.17. The first-order valence-corrected chi connectivity index (χ1v) is 13.7. The lowest BCUT2D eigenvalue weighted by Crippen LogP contribution is -2.37. The standard InChI is InChI=1S/C30H45N3O4/c1-5-8-9-10-11-19-31-30(36)32(4)26-14-12-13-25(23-26)27-17-15-24(16-18-29(34)35)22-28(27)37-21-20-33(6-2)7-3/h12-15,17,22-23H,5-11,16,18-21H2,1-4H3,(H,31,36)(H,34,35). The lowest BCUT2D eigenvalue weighted by atomic mass is 10.00. The van der Waals surface area contributed by atoms with Crippen molar-refractivity contribution in [2.75, 3.05) is 44.7 Å². The average molecular weight is 512 g/mol. The van der Waals surface area contributed by atoms with Crippen LogP contribution in [0.3, 0.4) is 0 Å². The number of hydrogen-bond acceptors (Lipinski definition) is 4. The van der Waals surface area contributed by atoms with Gasteiger partial charge in [0.25, 0.3) is 0 Å². The van der Waals surface area contributed by atoms with Crippen molar-refractivity contribution in [1.29, 1.82) is 0 Å². The number of benzene rings is 2. The first kappa shape index (κ1) is 30.2. The van der Waals surface area contributed by atoms with Gasteiger partial charge in [-0.1, -0.05) is 70.7 Å². The van der Waals surface area contributed by atoms with Crippen LogP contribution in [-0.4, -0.2) is 61.8 Å². The number of carboxylic acid groups (broad SMARTS) is 1. The van der Waals surface area contributed by atoms with Gasteiger partial charge in [0.2, 0.25) is 0 Å². The van der Waals surface area contributed by atoms with Crippen molar-refractivity contribution in [2.45, 2.75) is 65.7 Å². The molecule has 7 nitrogen and oxygen atoms in total. The number of nitrogens with one attached hydrogen (secondary N) is 1. The van der Waals surface area contributed by atoms with E-state index in [-0.39, 0.29) is 12.5 Å². The normalized spacial score (nSPS) is 10.9. The largest absolute Gasteiger partial charge is 0.492 e. The number of likely N-dealkylation sites (N-methyl/N-ethyl adjacent to an activating group) is 1. The molecule has 0 aromatic heterocycles. The molecule has 7 heteroatoms. The third-order valence-electron chi connectivity index (χ3n) is 6.64. The highest BCUT2D eigenvalue weighted by atomic mass is 16.5. The molecule has 0 aliphatic heterocycles. The predicted octanol–water partition coefficient (Wildman–Crippen LogP) is 6.21. The molecule has 0 unspecified atom stereocenters. The van der Waals surface area contributed by atoms with Gasteiger partial charge in [0, 0.05) is 37.8 Å². The molecule has 0 atom stereocenters. The van der Waals surface area contributed by atoms with Crippen LogP contribution in [0.2, 0.25) is 0 Å². The SMILES string of the molecule is CCCCCCCNC(=O)N(C)c1cccc(-c2ccc(CCC(=O)O)cc2OCCN(CC)CC)c1. The van der Waals surface area contributed by atoms with E-state index in [0.717, 1.165) is 60.6 Å². The van der Waals surface area contributed by atoms with E-state index < -0.39 is 5.97 Å². The smallest absolute Gasteiger partial charge is 0.321 e. The minimum absolute atomic E-state index is 0.0756. The maximum absolute atomic E-state index is 12.7. The number of carbonyl (C=O) groups excluding carboxylic acids is 1. The number of urea groups is 1. The molecule has 0 saturated carbocycles. The van der Waals surface area contributed by atoms with Crippen molar-refractivity contribution in [2.24, 2.45) is 0 Å². The molecule has 204 valence electrons. The highest BCUT2D eigenvalue weighted by molar-refractivity contribution is 5.92. The summed E-state index contributed by atoms with van der Waals surface area (Å²) in [5.74, 6) is -0.0885. The maximum Gasteiger partial charge on any atom is 0.321 e. The third-order valence-corrected chi connectivity index (χ3v) is 6.64. The highest BCUT2D eigenvalue weighted by Gasteiger charge is 2.14. The molecule has 2 aromatic rings. The van der Waals surface area contributed by atoms with Gasteiger partial charge in [-0.3, -0.25) is 9.69 Å². The van der Waals surface area contributed by atoms with Crippen LogP contribution in [0.1, 0.15) is 64.9 Å². The van der Waals surface area contributed by atoms with E-state index in [1.165, 1.54) is 19.3 Å². The van der Waals surface area contributed by atoms with Crippen molar-refractivity contribution in [3.05, 3.63) is 48.0 Å². The summed E-state index contributed by atoms with van der Waals surface area (Å²) in [6.07, 6.45) is 6.30. The molecular formula is C30H45N3O4. The van der Waals surface area contributed by atoms with E-state index in [1.54, 1.807) is 11.9 Å². The molecule has 0 spiro atoms. The first-order chi connectivity index (χ1) is 17.9. The number of carboxylic acids is 1.